The SMILES string of the molecule is CCC(=O)N(Cc1ccccc1OC)Cc1cc2ccc(C)cc2[nH]c1=O. The molecule has 1 amide bonds. The smallest absolute Gasteiger partial charge is 0.253 e. The van der Waals surface area contributed by atoms with Gasteiger partial charge in [-0.1, -0.05) is 37.3 Å². The second kappa shape index (κ2) is 8.08. The van der Waals surface area contributed by atoms with Crippen molar-refractivity contribution in [1.29, 1.82) is 0 Å². The Balaban J connectivity index is 1.94. The van der Waals surface area contributed by atoms with Gasteiger partial charge in [0.1, 0.15) is 5.75 Å². The first-order chi connectivity index (χ1) is 13.0. The van der Waals surface area contributed by atoms with E-state index in [4.69, 9.17) is 4.74 Å². The van der Waals surface area contributed by atoms with Crippen molar-refractivity contribution >= 4 is 16.8 Å². The van der Waals surface area contributed by atoms with Gasteiger partial charge in [0, 0.05) is 29.6 Å². The quantitative estimate of drug-likeness (QED) is 0.724. The number of H-pyrrole nitrogens is 1. The van der Waals surface area contributed by atoms with Crippen LogP contribution in [-0.2, 0) is 17.9 Å². The molecule has 0 saturated heterocycles. The summed E-state index contributed by atoms with van der Waals surface area (Å²) in [7, 11) is 1.61. The second-order valence-corrected chi connectivity index (χ2v) is 6.63. The number of aromatic amines is 1. The van der Waals surface area contributed by atoms with Crippen LogP contribution in [0.4, 0.5) is 0 Å². The molecule has 2 aromatic carbocycles. The lowest BCUT2D eigenvalue weighted by molar-refractivity contribution is -0.132. The normalized spacial score (nSPS) is 10.8. The number of aromatic nitrogens is 1. The lowest BCUT2D eigenvalue weighted by atomic mass is 10.1. The van der Waals surface area contributed by atoms with Gasteiger partial charge in [-0.3, -0.25) is 9.59 Å². The molecule has 0 aliphatic rings. The first-order valence-electron chi connectivity index (χ1n) is 9.04. The second-order valence-electron chi connectivity index (χ2n) is 6.63. The average Bonchev–Trinajstić information content (AvgIpc) is 2.67. The van der Waals surface area contributed by atoms with Gasteiger partial charge >= 0.3 is 0 Å². The standard InChI is InChI=1S/C22H24N2O3/c1-4-21(25)24(13-17-7-5-6-8-20(17)27-3)14-18-12-16-10-9-15(2)11-19(16)23-22(18)26/h5-12H,4,13-14H2,1-3H3,(H,23,26). The number of benzene rings is 2. The number of para-hydroxylation sites is 1. The van der Waals surface area contributed by atoms with Gasteiger partial charge in [0.25, 0.3) is 5.56 Å². The fourth-order valence-electron chi connectivity index (χ4n) is 3.18. The van der Waals surface area contributed by atoms with E-state index in [0.29, 0.717) is 18.5 Å². The maximum absolute atomic E-state index is 12.5. The molecule has 3 rings (SSSR count). The van der Waals surface area contributed by atoms with Gasteiger partial charge in [-0.2, -0.15) is 0 Å². The van der Waals surface area contributed by atoms with Crippen molar-refractivity contribution in [1.82, 2.24) is 9.88 Å². The number of fused-ring (bicyclic) bond motifs is 1. The van der Waals surface area contributed by atoms with E-state index in [1.807, 2.05) is 62.4 Å². The molecule has 1 aromatic heterocycles. The zero-order chi connectivity index (χ0) is 19.4. The molecule has 0 aliphatic carbocycles. The molecule has 0 atom stereocenters. The molecule has 0 saturated carbocycles. The van der Waals surface area contributed by atoms with Crippen LogP contribution in [0.25, 0.3) is 10.9 Å². The predicted octanol–water partition coefficient (Wildman–Crippen LogP) is 3.78. The number of rotatable bonds is 6. The Morgan fingerprint density at radius 3 is 2.56 bits per heavy atom. The minimum absolute atomic E-state index is 0.00990. The number of hydrogen-bond donors (Lipinski definition) is 1. The fraction of sp³-hybridized carbons (Fsp3) is 0.273. The van der Waals surface area contributed by atoms with E-state index >= 15 is 0 Å². The molecular weight excluding hydrogens is 340 g/mol. The van der Waals surface area contributed by atoms with E-state index in [0.717, 1.165) is 27.8 Å². The zero-order valence-corrected chi connectivity index (χ0v) is 15.9. The molecule has 27 heavy (non-hydrogen) atoms. The van der Waals surface area contributed by atoms with E-state index in [1.165, 1.54) is 0 Å². The molecule has 5 heteroatoms. The summed E-state index contributed by atoms with van der Waals surface area (Å²) in [6.07, 6.45) is 0.375. The van der Waals surface area contributed by atoms with Crippen molar-refractivity contribution in [3.8, 4) is 5.75 Å². The minimum atomic E-state index is -0.165. The maximum atomic E-state index is 12.5. The van der Waals surface area contributed by atoms with Gasteiger partial charge < -0.3 is 14.6 Å². The Hall–Kier alpha value is -3.08. The number of carbonyl (C=O) groups is 1. The number of ether oxygens (including phenoxy) is 1. The molecule has 0 fully saturated rings. The van der Waals surface area contributed by atoms with Crippen molar-refractivity contribution in [3.05, 3.63) is 75.6 Å². The fourth-order valence-corrected chi connectivity index (χ4v) is 3.18. The first-order valence-corrected chi connectivity index (χ1v) is 9.04. The molecule has 0 bridgehead atoms. The highest BCUT2D eigenvalue weighted by Gasteiger charge is 2.17. The molecule has 0 spiro atoms. The molecule has 0 radical (unpaired) electrons. The average molecular weight is 364 g/mol. The van der Waals surface area contributed by atoms with Crippen molar-refractivity contribution in [3.63, 3.8) is 0 Å². The molecule has 1 heterocycles. The predicted molar refractivity (Wildman–Crippen MR) is 107 cm³/mol. The van der Waals surface area contributed by atoms with E-state index in [2.05, 4.69) is 4.98 Å². The third-order valence-corrected chi connectivity index (χ3v) is 4.65. The summed E-state index contributed by atoms with van der Waals surface area (Å²) in [6.45, 7) is 4.46. The van der Waals surface area contributed by atoms with Crippen LogP contribution >= 0.6 is 0 Å². The Bertz CT molecular complexity index is 1020. The summed E-state index contributed by atoms with van der Waals surface area (Å²) in [4.78, 5) is 29.7. The van der Waals surface area contributed by atoms with Crippen LogP contribution < -0.4 is 10.3 Å². The summed E-state index contributed by atoms with van der Waals surface area (Å²) in [5.74, 6) is 0.721. The number of amides is 1. The maximum Gasteiger partial charge on any atom is 0.253 e. The van der Waals surface area contributed by atoms with Gasteiger partial charge in [-0.25, -0.2) is 0 Å². The highest BCUT2D eigenvalue weighted by molar-refractivity contribution is 5.80. The largest absolute Gasteiger partial charge is 0.496 e. The molecule has 140 valence electrons. The highest BCUT2D eigenvalue weighted by Crippen LogP contribution is 2.21. The Kier molecular flexibility index (Phi) is 5.60. The van der Waals surface area contributed by atoms with Crippen LogP contribution in [0.15, 0.2) is 53.3 Å². The lowest BCUT2D eigenvalue weighted by Gasteiger charge is -2.23. The van der Waals surface area contributed by atoms with Gasteiger partial charge in [0.05, 0.1) is 13.7 Å². The minimum Gasteiger partial charge on any atom is -0.496 e. The van der Waals surface area contributed by atoms with E-state index in [-0.39, 0.29) is 18.0 Å². The molecule has 5 nitrogen and oxygen atoms in total. The van der Waals surface area contributed by atoms with Crippen LogP contribution in [0.5, 0.6) is 5.75 Å². The Labute approximate surface area is 158 Å². The topological polar surface area (TPSA) is 62.4 Å². The van der Waals surface area contributed by atoms with Gasteiger partial charge in [0.2, 0.25) is 5.91 Å². The number of carbonyl (C=O) groups excluding carboxylic acids is 1. The van der Waals surface area contributed by atoms with Crippen LogP contribution in [0.2, 0.25) is 0 Å². The van der Waals surface area contributed by atoms with Crippen molar-refractivity contribution < 1.29 is 9.53 Å². The Morgan fingerprint density at radius 1 is 1.07 bits per heavy atom. The number of hydrogen-bond acceptors (Lipinski definition) is 3. The molecule has 0 unspecified atom stereocenters. The van der Waals surface area contributed by atoms with Crippen molar-refractivity contribution in [2.75, 3.05) is 7.11 Å². The third kappa shape index (κ3) is 4.19. The Morgan fingerprint density at radius 2 is 1.81 bits per heavy atom. The van der Waals surface area contributed by atoms with Crippen molar-refractivity contribution in [2.45, 2.75) is 33.4 Å². The third-order valence-electron chi connectivity index (χ3n) is 4.65. The monoisotopic (exact) mass is 364 g/mol. The van der Waals surface area contributed by atoms with Gasteiger partial charge in [0.15, 0.2) is 0 Å². The van der Waals surface area contributed by atoms with Crippen LogP contribution in [0.3, 0.4) is 0 Å². The van der Waals surface area contributed by atoms with E-state index in [9.17, 15) is 9.59 Å². The lowest BCUT2D eigenvalue weighted by Crippen LogP contribution is -2.32. The zero-order valence-electron chi connectivity index (χ0n) is 15.9. The first kappa shape index (κ1) is 18.7. The van der Waals surface area contributed by atoms with Gasteiger partial charge in [-0.15, -0.1) is 0 Å². The van der Waals surface area contributed by atoms with Crippen LogP contribution in [0, 0.1) is 6.92 Å². The summed E-state index contributed by atoms with van der Waals surface area (Å²) in [5.41, 5.74) is 3.21. The highest BCUT2D eigenvalue weighted by atomic mass is 16.5. The van der Waals surface area contributed by atoms with E-state index in [1.54, 1.807) is 12.0 Å². The number of methoxy groups -OCH3 is 1. The summed E-state index contributed by atoms with van der Waals surface area (Å²) in [5, 5.41) is 0.955. The van der Waals surface area contributed by atoms with Crippen molar-refractivity contribution in [2.24, 2.45) is 0 Å². The number of nitrogens with one attached hydrogen (secondary N) is 1. The molecule has 1 N–H and O–H groups in total. The number of nitrogens with zero attached hydrogens (tertiary/aromatic N) is 1. The van der Waals surface area contributed by atoms with Gasteiger partial charge in [-0.05, 0) is 36.1 Å². The summed E-state index contributed by atoms with van der Waals surface area (Å²) < 4.78 is 5.40. The molecule has 0 aliphatic heterocycles. The number of pyridine rings is 1. The van der Waals surface area contributed by atoms with Crippen LogP contribution in [0.1, 0.15) is 30.0 Å². The number of aryl methyl sites for hydroxylation is 1. The molecule has 3 aromatic rings. The van der Waals surface area contributed by atoms with Crippen LogP contribution in [-0.4, -0.2) is 22.9 Å². The molecular formula is C22H24N2O3. The summed E-state index contributed by atoms with van der Waals surface area (Å²) >= 11 is 0. The van der Waals surface area contributed by atoms with E-state index < -0.39 is 0 Å². The summed E-state index contributed by atoms with van der Waals surface area (Å²) in [6, 6.07) is 15.4.